The maximum Gasteiger partial charge on any atom is 0.261 e. The predicted octanol–water partition coefficient (Wildman–Crippen LogP) is 4.91. The lowest BCUT2D eigenvalue weighted by molar-refractivity contribution is -0.127. The molecule has 0 aliphatic rings. The molecule has 0 bridgehead atoms. The molecule has 1 unspecified atom stereocenters. The van der Waals surface area contributed by atoms with E-state index in [1.165, 1.54) is 0 Å². The molecule has 0 radical (unpaired) electrons. The first kappa shape index (κ1) is 19.9. The van der Waals surface area contributed by atoms with E-state index in [0.717, 1.165) is 10.4 Å². The molecule has 0 spiro atoms. The number of amides is 1. The van der Waals surface area contributed by atoms with Crippen molar-refractivity contribution in [3.8, 4) is 16.9 Å². The summed E-state index contributed by atoms with van der Waals surface area (Å²) in [7, 11) is 0. The van der Waals surface area contributed by atoms with Gasteiger partial charge in [0.15, 0.2) is 6.10 Å². The number of aryl methyl sites for hydroxylation is 1. The van der Waals surface area contributed by atoms with Crippen LogP contribution in [-0.2, 0) is 11.3 Å². The first-order valence-corrected chi connectivity index (χ1v) is 10.5. The topological polar surface area (TPSA) is 68.5 Å². The molecule has 4 rings (SSSR count). The first-order chi connectivity index (χ1) is 14.5. The molecular weight excluding hydrogens is 398 g/mol. The normalized spacial score (nSPS) is 11.9. The van der Waals surface area contributed by atoms with Crippen molar-refractivity contribution in [1.82, 2.24) is 5.32 Å². The van der Waals surface area contributed by atoms with Crippen LogP contribution in [0.5, 0.6) is 5.75 Å². The number of carbonyl (C=O) groups is 1. The summed E-state index contributed by atoms with van der Waals surface area (Å²) < 4.78 is 11.7. The van der Waals surface area contributed by atoms with Gasteiger partial charge < -0.3 is 14.5 Å². The number of benzene rings is 2. The van der Waals surface area contributed by atoms with E-state index in [1.807, 2.05) is 47.8 Å². The largest absolute Gasteiger partial charge is 0.481 e. The molecule has 1 amide bonds. The van der Waals surface area contributed by atoms with Crippen LogP contribution in [-0.4, -0.2) is 12.0 Å². The van der Waals surface area contributed by atoms with Crippen molar-refractivity contribution in [1.29, 1.82) is 0 Å². The van der Waals surface area contributed by atoms with Gasteiger partial charge >= 0.3 is 0 Å². The second-order valence-corrected chi connectivity index (χ2v) is 7.98. The molecule has 0 saturated heterocycles. The highest BCUT2D eigenvalue weighted by molar-refractivity contribution is 7.09. The maximum absolute atomic E-state index is 13.0. The SMILES string of the molecule is Cc1oc2cc(OC(C)C(=O)NCc3cccs3)ccc2c(=O)c1-c1ccccc1. The highest BCUT2D eigenvalue weighted by atomic mass is 32.1. The number of hydrogen-bond acceptors (Lipinski definition) is 5. The molecule has 0 aliphatic heterocycles. The summed E-state index contributed by atoms with van der Waals surface area (Å²) in [5.41, 5.74) is 1.72. The van der Waals surface area contributed by atoms with E-state index in [-0.39, 0.29) is 11.3 Å². The van der Waals surface area contributed by atoms with Gasteiger partial charge in [-0.25, -0.2) is 0 Å². The van der Waals surface area contributed by atoms with Gasteiger partial charge in [0, 0.05) is 10.9 Å². The minimum atomic E-state index is -0.682. The zero-order valence-electron chi connectivity index (χ0n) is 16.7. The summed E-state index contributed by atoms with van der Waals surface area (Å²) in [5.74, 6) is 0.800. The Labute approximate surface area is 177 Å². The lowest BCUT2D eigenvalue weighted by atomic mass is 10.0. The monoisotopic (exact) mass is 419 g/mol. The van der Waals surface area contributed by atoms with Crippen LogP contribution in [0.15, 0.2) is 75.3 Å². The minimum Gasteiger partial charge on any atom is -0.481 e. The van der Waals surface area contributed by atoms with Gasteiger partial charge in [-0.05, 0) is 43.0 Å². The van der Waals surface area contributed by atoms with Crippen LogP contribution in [0, 0.1) is 6.92 Å². The van der Waals surface area contributed by atoms with E-state index in [4.69, 9.17) is 9.15 Å². The molecule has 2 aromatic heterocycles. The number of carbonyl (C=O) groups excluding carboxylic acids is 1. The molecule has 1 atom stereocenters. The molecule has 0 fully saturated rings. The molecule has 152 valence electrons. The molecule has 2 heterocycles. The van der Waals surface area contributed by atoms with Gasteiger partial charge in [0.2, 0.25) is 5.43 Å². The van der Waals surface area contributed by atoms with Crippen molar-refractivity contribution in [3.63, 3.8) is 0 Å². The Morgan fingerprint density at radius 1 is 1.13 bits per heavy atom. The molecular formula is C24H21NO4S. The number of hydrogen-bond donors (Lipinski definition) is 1. The van der Waals surface area contributed by atoms with Crippen molar-refractivity contribution in [2.75, 3.05) is 0 Å². The molecule has 4 aromatic rings. The van der Waals surface area contributed by atoms with Gasteiger partial charge in [-0.15, -0.1) is 11.3 Å². The lowest BCUT2D eigenvalue weighted by Crippen LogP contribution is -2.35. The van der Waals surface area contributed by atoms with Crippen molar-refractivity contribution < 1.29 is 13.9 Å². The fourth-order valence-electron chi connectivity index (χ4n) is 3.29. The van der Waals surface area contributed by atoms with Crippen LogP contribution in [0.25, 0.3) is 22.1 Å². The first-order valence-electron chi connectivity index (χ1n) is 9.62. The molecule has 2 aromatic carbocycles. The number of thiophene rings is 1. The molecule has 0 saturated carbocycles. The third kappa shape index (κ3) is 4.14. The van der Waals surface area contributed by atoms with Crippen molar-refractivity contribution in [2.24, 2.45) is 0 Å². The van der Waals surface area contributed by atoms with Crippen LogP contribution in [0.1, 0.15) is 17.6 Å². The van der Waals surface area contributed by atoms with Gasteiger partial charge in [0.05, 0.1) is 17.5 Å². The number of rotatable bonds is 6. The van der Waals surface area contributed by atoms with Crippen molar-refractivity contribution in [2.45, 2.75) is 26.5 Å². The van der Waals surface area contributed by atoms with E-state index in [0.29, 0.717) is 34.6 Å². The second kappa shape index (κ2) is 8.55. The van der Waals surface area contributed by atoms with E-state index in [9.17, 15) is 9.59 Å². The third-order valence-corrected chi connectivity index (χ3v) is 5.68. The average molecular weight is 420 g/mol. The third-order valence-electron chi connectivity index (χ3n) is 4.80. The van der Waals surface area contributed by atoms with Crippen LogP contribution >= 0.6 is 11.3 Å². The summed E-state index contributed by atoms with van der Waals surface area (Å²) in [4.78, 5) is 26.4. The Balaban J connectivity index is 1.55. The van der Waals surface area contributed by atoms with Crippen LogP contribution in [0.3, 0.4) is 0 Å². The quantitative estimate of drug-likeness (QED) is 0.482. The summed E-state index contributed by atoms with van der Waals surface area (Å²) in [6, 6.07) is 18.4. The molecule has 0 aliphatic carbocycles. The number of ether oxygens (including phenoxy) is 1. The summed E-state index contributed by atoms with van der Waals surface area (Å²) in [5, 5.41) is 5.30. The zero-order chi connectivity index (χ0) is 21.1. The summed E-state index contributed by atoms with van der Waals surface area (Å²) >= 11 is 1.59. The lowest BCUT2D eigenvalue weighted by Gasteiger charge is -2.15. The highest BCUT2D eigenvalue weighted by Crippen LogP contribution is 2.26. The molecule has 30 heavy (non-hydrogen) atoms. The van der Waals surface area contributed by atoms with E-state index < -0.39 is 6.10 Å². The standard InChI is InChI=1S/C24H21NO4S/c1-15-22(17-7-4-3-5-8-17)23(26)20-11-10-18(13-21(20)29-15)28-16(2)24(27)25-14-19-9-6-12-30-19/h3-13,16H,14H2,1-2H3,(H,25,27). The van der Waals surface area contributed by atoms with E-state index >= 15 is 0 Å². The van der Waals surface area contributed by atoms with Gasteiger partial charge in [-0.3, -0.25) is 9.59 Å². The average Bonchev–Trinajstić information content (AvgIpc) is 3.26. The summed E-state index contributed by atoms with van der Waals surface area (Å²) in [6.45, 7) is 3.93. The smallest absolute Gasteiger partial charge is 0.261 e. The van der Waals surface area contributed by atoms with Crippen molar-refractivity contribution >= 4 is 28.2 Å². The van der Waals surface area contributed by atoms with Gasteiger partial charge in [0.25, 0.3) is 5.91 Å². The second-order valence-electron chi connectivity index (χ2n) is 6.94. The Kier molecular flexibility index (Phi) is 5.68. The number of fused-ring (bicyclic) bond motifs is 1. The fourth-order valence-corrected chi connectivity index (χ4v) is 3.93. The van der Waals surface area contributed by atoms with E-state index in [2.05, 4.69) is 5.32 Å². The highest BCUT2D eigenvalue weighted by Gasteiger charge is 2.17. The van der Waals surface area contributed by atoms with Crippen LogP contribution in [0.2, 0.25) is 0 Å². The molecule has 1 N–H and O–H groups in total. The van der Waals surface area contributed by atoms with Gasteiger partial charge in [-0.1, -0.05) is 36.4 Å². The Morgan fingerprint density at radius 3 is 2.67 bits per heavy atom. The Hall–Kier alpha value is -3.38. The van der Waals surface area contributed by atoms with Crippen molar-refractivity contribution in [3.05, 3.63) is 86.9 Å². The van der Waals surface area contributed by atoms with E-state index in [1.54, 1.807) is 43.4 Å². The predicted molar refractivity (Wildman–Crippen MR) is 119 cm³/mol. The fraction of sp³-hybridized carbons (Fsp3) is 0.167. The zero-order valence-corrected chi connectivity index (χ0v) is 17.5. The number of nitrogens with one attached hydrogen (secondary N) is 1. The Bertz CT molecular complexity index is 1230. The molecule has 5 nitrogen and oxygen atoms in total. The summed E-state index contributed by atoms with van der Waals surface area (Å²) in [6.07, 6.45) is -0.682. The Morgan fingerprint density at radius 2 is 1.93 bits per heavy atom. The van der Waals surface area contributed by atoms with Crippen LogP contribution in [0.4, 0.5) is 0 Å². The maximum atomic E-state index is 13.0. The van der Waals surface area contributed by atoms with Gasteiger partial charge in [0.1, 0.15) is 17.1 Å². The molecule has 6 heteroatoms. The van der Waals surface area contributed by atoms with Gasteiger partial charge in [-0.2, -0.15) is 0 Å². The minimum absolute atomic E-state index is 0.0896. The van der Waals surface area contributed by atoms with Crippen LogP contribution < -0.4 is 15.5 Å².